The smallest absolute Gasteiger partial charge is 0.269 e. The first-order chi connectivity index (χ1) is 12.5. The van der Waals surface area contributed by atoms with E-state index in [1.807, 2.05) is 0 Å². The van der Waals surface area contributed by atoms with Crippen molar-refractivity contribution in [2.45, 2.75) is 25.8 Å². The largest absolute Gasteiger partial charge is 0.372 e. The van der Waals surface area contributed by atoms with E-state index in [2.05, 4.69) is 29.2 Å². The standard InChI is InChI=1S/C20H23N3O3/c1-21(20(24)17-7-11-19(12-8-17)23(25)26)15-16-5-9-18(10-6-16)22-13-3-2-4-14-22/h5-12H,2-4,13-15H2,1H3. The van der Waals surface area contributed by atoms with Gasteiger partial charge in [-0.2, -0.15) is 0 Å². The van der Waals surface area contributed by atoms with E-state index in [1.165, 1.54) is 49.2 Å². The Hall–Kier alpha value is -2.89. The Morgan fingerprint density at radius 2 is 1.65 bits per heavy atom. The summed E-state index contributed by atoms with van der Waals surface area (Å²) in [5, 5.41) is 10.7. The minimum atomic E-state index is -0.470. The van der Waals surface area contributed by atoms with Gasteiger partial charge in [0.05, 0.1) is 4.92 Å². The third-order valence-electron chi connectivity index (χ3n) is 4.75. The van der Waals surface area contributed by atoms with Crippen LogP contribution in [0.15, 0.2) is 48.5 Å². The summed E-state index contributed by atoms with van der Waals surface area (Å²) in [6.45, 7) is 2.71. The Bertz CT molecular complexity index is 766. The van der Waals surface area contributed by atoms with Crippen molar-refractivity contribution in [2.75, 3.05) is 25.0 Å². The third-order valence-corrected chi connectivity index (χ3v) is 4.75. The molecule has 1 heterocycles. The number of anilines is 1. The number of non-ortho nitro benzene ring substituents is 1. The van der Waals surface area contributed by atoms with E-state index in [0.717, 1.165) is 18.7 Å². The number of nitro groups is 1. The lowest BCUT2D eigenvalue weighted by molar-refractivity contribution is -0.384. The van der Waals surface area contributed by atoms with E-state index in [9.17, 15) is 14.9 Å². The number of carbonyl (C=O) groups is 1. The molecule has 0 atom stereocenters. The first-order valence-electron chi connectivity index (χ1n) is 8.88. The molecule has 0 saturated carbocycles. The maximum absolute atomic E-state index is 12.5. The lowest BCUT2D eigenvalue weighted by atomic mass is 10.1. The minimum absolute atomic E-state index is 0.0162. The lowest BCUT2D eigenvalue weighted by Crippen LogP contribution is -2.29. The van der Waals surface area contributed by atoms with Crippen molar-refractivity contribution in [2.24, 2.45) is 0 Å². The highest BCUT2D eigenvalue weighted by Crippen LogP contribution is 2.21. The van der Waals surface area contributed by atoms with Gasteiger partial charge in [-0.25, -0.2) is 0 Å². The lowest BCUT2D eigenvalue weighted by Gasteiger charge is -2.29. The Kier molecular flexibility index (Phi) is 5.51. The molecule has 0 unspecified atom stereocenters. The maximum Gasteiger partial charge on any atom is 0.269 e. The molecule has 1 amide bonds. The molecule has 1 aliphatic heterocycles. The number of piperidine rings is 1. The molecule has 0 radical (unpaired) electrons. The first-order valence-corrected chi connectivity index (χ1v) is 8.88. The van der Waals surface area contributed by atoms with Gasteiger partial charge in [0.1, 0.15) is 0 Å². The van der Waals surface area contributed by atoms with E-state index in [0.29, 0.717) is 12.1 Å². The van der Waals surface area contributed by atoms with Crippen LogP contribution in [0, 0.1) is 10.1 Å². The number of hydrogen-bond acceptors (Lipinski definition) is 4. The Labute approximate surface area is 153 Å². The molecule has 6 nitrogen and oxygen atoms in total. The van der Waals surface area contributed by atoms with E-state index in [1.54, 1.807) is 11.9 Å². The zero-order valence-corrected chi connectivity index (χ0v) is 14.9. The molecule has 6 heteroatoms. The summed E-state index contributed by atoms with van der Waals surface area (Å²) in [7, 11) is 1.74. The summed E-state index contributed by atoms with van der Waals surface area (Å²) >= 11 is 0. The van der Waals surface area contributed by atoms with Gasteiger partial charge in [-0.3, -0.25) is 14.9 Å². The second kappa shape index (κ2) is 7.99. The van der Waals surface area contributed by atoms with E-state index in [4.69, 9.17) is 0 Å². The molecule has 2 aromatic carbocycles. The van der Waals surface area contributed by atoms with Gasteiger partial charge in [0, 0.05) is 50.1 Å². The normalized spacial score (nSPS) is 14.1. The van der Waals surface area contributed by atoms with Gasteiger partial charge in [-0.1, -0.05) is 12.1 Å². The van der Waals surface area contributed by atoms with Crippen LogP contribution < -0.4 is 4.90 Å². The van der Waals surface area contributed by atoms with Crippen LogP contribution >= 0.6 is 0 Å². The molecule has 0 bridgehead atoms. The molecule has 0 aliphatic carbocycles. The van der Waals surface area contributed by atoms with Crippen molar-refractivity contribution in [3.8, 4) is 0 Å². The molecule has 26 heavy (non-hydrogen) atoms. The predicted octanol–water partition coefficient (Wildman–Crippen LogP) is 3.86. The molecular formula is C20H23N3O3. The van der Waals surface area contributed by atoms with Crippen molar-refractivity contribution in [1.82, 2.24) is 4.90 Å². The van der Waals surface area contributed by atoms with Crippen LogP contribution in [0.4, 0.5) is 11.4 Å². The summed E-state index contributed by atoms with van der Waals surface area (Å²) in [5.74, 6) is -0.153. The molecule has 0 N–H and O–H groups in total. The van der Waals surface area contributed by atoms with Crippen LogP contribution in [0.3, 0.4) is 0 Å². The molecule has 0 aromatic heterocycles. The topological polar surface area (TPSA) is 66.7 Å². The van der Waals surface area contributed by atoms with E-state index < -0.39 is 4.92 Å². The quantitative estimate of drug-likeness (QED) is 0.605. The summed E-state index contributed by atoms with van der Waals surface area (Å²) < 4.78 is 0. The molecule has 1 fully saturated rings. The fourth-order valence-electron chi connectivity index (χ4n) is 3.26. The number of rotatable bonds is 5. The summed E-state index contributed by atoms with van der Waals surface area (Å²) in [6, 6.07) is 14.1. The third kappa shape index (κ3) is 4.20. The number of hydrogen-bond donors (Lipinski definition) is 0. The molecule has 136 valence electrons. The monoisotopic (exact) mass is 353 g/mol. The highest BCUT2D eigenvalue weighted by Gasteiger charge is 2.15. The Balaban J connectivity index is 1.62. The fraction of sp³-hybridized carbons (Fsp3) is 0.350. The van der Waals surface area contributed by atoms with Crippen LogP contribution in [-0.4, -0.2) is 35.9 Å². The molecule has 0 spiro atoms. The van der Waals surface area contributed by atoms with Gasteiger partial charge in [-0.05, 0) is 49.1 Å². The number of nitro benzene ring substituents is 1. The van der Waals surface area contributed by atoms with Crippen LogP contribution in [0.2, 0.25) is 0 Å². The van der Waals surface area contributed by atoms with Gasteiger partial charge in [-0.15, -0.1) is 0 Å². The number of nitrogens with zero attached hydrogens (tertiary/aromatic N) is 3. The second-order valence-corrected chi connectivity index (χ2v) is 6.68. The van der Waals surface area contributed by atoms with Crippen molar-refractivity contribution in [3.63, 3.8) is 0 Å². The molecule has 1 aliphatic rings. The van der Waals surface area contributed by atoms with Crippen LogP contribution in [0.5, 0.6) is 0 Å². The average molecular weight is 353 g/mol. The van der Waals surface area contributed by atoms with Gasteiger partial charge in [0.2, 0.25) is 0 Å². The predicted molar refractivity (Wildman–Crippen MR) is 101 cm³/mol. The molecule has 1 saturated heterocycles. The summed E-state index contributed by atoms with van der Waals surface area (Å²) in [6.07, 6.45) is 3.80. The zero-order valence-electron chi connectivity index (χ0n) is 14.9. The van der Waals surface area contributed by atoms with Gasteiger partial charge in [0.15, 0.2) is 0 Å². The second-order valence-electron chi connectivity index (χ2n) is 6.68. The van der Waals surface area contributed by atoms with Crippen LogP contribution in [0.25, 0.3) is 0 Å². The van der Waals surface area contributed by atoms with Crippen molar-refractivity contribution in [3.05, 3.63) is 69.8 Å². The van der Waals surface area contributed by atoms with Crippen molar-refractivity contribution < 1.29 is 9.72 Å². The molecular weight excluding hydrogens is 330 g/mol. The Morgan fingerprint density at radius 1 is 1.04 bits per heavy atom. The number of amides is 1. The van der Waals surface area contributed by atoms with Gasteiger partial charge >= 0.3 is 0 Å². The van der Waals surface area contributed by atoms with Gasteiger partial charge in [0.25, 0.3) is 11.6 Å². The zero-order chi connectivity index (χ0) is 18.5. The van der Waals surface area contributed by atoms with Crippen molar-refractivity contribution >= 4 is 17.3 Å². The maximum atomic E-state index is 12.5. The molecule has 2 aromatic rings. The average Bonchev–Trinajstić information content (AvgIpc) is 2.68. The highest BCUT2D eigenvalue weighted by atomic mass is 16.6. The van der Waals surface area contributed by atoms with Crippen LogP contribution in [-0.2, 0) is 6.54 Å². The van der Waals surface area contributed by atoms with Gasteiger partial charge < -0.3 is 9.80 Å². The molecule has 3 rings (SSSR count). The first kappa shape index (κ1) is 17.9. The minimum Gasteiger partial charge on any atom is -0.372 e. The summed E-state index contributed by atoms with van der Waals surface area (Å²) in [4.78, 5) is 26.8. The van der Waals surface area contributed by atoms with E-state index >= 15 is 0 Å². The highest BCUT2D eigenvalue weighted by molar-refractivity contribution is 5.94. The number of carbonyl (C=O) groups excluding carboxylic acids is 1. The SMILES string of the molecule is CN(Cc1ccc(N2CCCCC2)cc1)C(=O)c1ccc([N+](=O)[O-])cc1. The fourth-order valence-corrected chi connectivity index (χ4v) is 3.26. The Morgan fingerprint density at radius 3 is 2.23 bits per heavy atom. The number of benzene rings is 2. The van der Waals surface area contributed by atoms with Crippen molar-refractivity contribution in [1.29, 1.82) is 0 Å². The van der Waals surface area contributed by atoms with E-state index in [-0.39, 0.29) is 11.6 Å². The summed E-state index contributed by atoms with van der Waals surface area (Å²) in [5.41, 5.74) is 2.72. The van der Waals surface area contributed by atoms with Crippen LogP contribution in [0.1, 0.15) is 35.2 Å².